The quantitative estimate of drug-likeness (QED) is 0.541. The lowest BCUT2D eigenvalue weighted by molar-refractivity contribution is -0.163. The van der Waals surface area contributed by atoms with Gasteiger partial charge in [-0.25, -0.2) is 0 Å². The average molecular weight is 232 g/mol. The van der Waals surface area contributed by atoms with Crippen LogP contribution < -0.4 is 0 Å². The monoisotopic (exact) mass is 232 g/mol. The molecule has 0 bridgehead atoms. The molecule has 0 radical (unpaired) electrons. The Hall–Kier alpha value is -0.120. The van der Waals surface area contributed by atoms with Crippen molar-refractivity contribution in [2.45, 2.75) is 58.8 Å². The maximum absolute atomic E-state index is 5.72. The van der Waals surface area contributed by atoms with Crippen molar-refractivity contribution in [1.29, 1.82) is 0 Å². The molecule has 0 fully saturated rings. The second kappa shape index (κ2) is 10.1. The first kappa shape index (κ1) is 15.9. The fourth-order valence-electron chi connectivity index (χ4n) is 1.89. The lowest BCUT2D eigenvalue weighted by atomic mass is 9.96. The zero-order valence-corrected chi connectivity index (χ0v) is 11.5. The fourth-order valence-corrected chi connectivity index (χ4v) is 1.89. The van der Waals surface area contributed by atoms with Crippen LogP contribution in [0.2, 0.25) is 0 Å². The highest BCUT2D eigenvalue weighted by atomic mass is 16.7. The van der Waals surface area contributed by atoms with Crippen LogP contribution in [0.15, 0.2) is 0 Å². The van der Waals surface area contributed by atoms with E-state index < -0.39 is 0 Å². The first-order valence-corrected chi connectivity index (χ1v) is 6.36. The van der Waals surface area contributed by atoms with Gasteiger partial charge in [-0.2, -0.15) is 0 Å². The molecule has 3 nitrogen and oxygen atoms in total. The Morgan fingerprint density at radius 2 is 1.69 bits per heavy atom. The third kappa shape index (κ3) is 6.46. The van der Waals surface area contributed by atoms with Crippen LogP contribution in [0.1, 0.15) is 46.5 Å². The zero-order valence-electron chi connectivity index (χ0n) is 11.5. The Morgan fingerprint density at radius 1 is 1.00 bits per heavy atom. The van der Waals surface area contributed by atoms with Gasteiger partial charge in [0.1, 0.15) is 0 Å². The molecule has 0 saturated carbocycles. The van der Waals surface area contributed by atoms with Crippen molar-refractivity contribution in [1.82, 2.24) is 0 Å². The van der Waals surface area contributed by atoms with Crippen LogP contribution in [-0.4, -0.2) is 33.2 Å². The van der Waals surface area contributed by atoms with Gasteiger partial charge in [-0.1, -0.05) is 20.3 Å². The van der Waals surface area contributed by atoms with Crippen molar-refractivity contribution in [3.63, 3.8) is 0 Å². The van der Waals surface area contributed by atoms with Crippen LogP contribution in [0.4, 0.5) is 0 Å². The van der Waals surface area contributed by atoms with Gasteiger partial charge in [0.25, 0.3) is 0 Å². The molecule has 0 aliphatic carbocycles. The van der Waals surface area contributed by atoms with E-state index in [9.17, 15) is 0 Å². The number of methoxy groups -OCH3 is 2. The highest BCUT2D eigenvalue weighted by Crippen LogP contribution is 2.22. The van der Waals surface area contributed by atoms with Crippen LogP contribution in [0.3, 0.4) is 0 Å². The van der Waals surface area contributed by atoms with Gasteiger partial charge >= 0.3 is 0 Å². The Labute approximate surface area is 100 Å². The normalized spacial score (nSPS) is 17.1. The third-order valence-corrected chi connectivity index (χ3v) is 2.80. The summed E-state index contributed by atoms with van der Waals surface area (Å²) in [5, 5.41) is 0. The molecule has 0 amide bonds. The predicted octanol–water partition coefficient (Wildman–Crippen LogP) is 3.23. The van der Waals surface area contributed by atoms with Crippen molar-refractivity contribution in [2.75, 3.05) is 20.8 Å². The summed E-state index contributed by atoms with van der Waals surface area (Å²) >= 11 is 0. The second-order valence-electron chi connectivity index (χ2n) is 4.31. The molecular formula is C13H28O3. The Morgan fingerprint density at radius 3 is 2.12 bits per heavy atom. The van der Waals surface area contributed by atoms with Crippen LogP contribution >= 0.6 is 0 Å². The zero-order chi connectivity index (χ0) is 12.4. The minimum absolute atomic E-state index is 0.0856. The summed E-state index contributed by atoms with van der Waals surface area (Å²) in [4.78, 5) is 0. The van der Waals surface area contributed by atoms with Crippen LogP contribution in [0, 0.1) is 5.92 Å². The van der Waals surface area contributed by atoms with Gasteiger partial charge in [0.2, 0.25) is 0 Å². The average Bonchev–Trinajstić information content (AvgIpc) is 2.30. The SMILES string of the molecule is CCCOC(OC)C(CCC)CC(C)OC. The molecule has 0 rings (SSSR count). The molecule has 0 aromatic rings. The van der Waals surface area contributed by atoms with Gasteiger partial charge in [0.05, 0.1) is 6.10 Å². The molecule has 16 heavy (non-hydrogen) atoms. The maximum Gasteiger partial charge on any atom is 0.160 e. The number of rotatable bonds is 10. The number of hydrogen-bond donors (Lipinski definition) is 0. The van der Waals surface area contributed by atoms with Crippen LogP contribution in [0.5, 0.6) is 0 Å². The van der Waals surface area contributed by atoms with Gasteiger partial charge in [-0.3, -0.25) is 0 Å². The van der Waals surface area contributed by atoms with E-state index in [0.29, 0.717) is 5.92 Å². The van der Waals surface area contributed by atoms with Crippen LogP contribution in [-0.2, 0) is 14.2 Å². The van der Waals surface area contributed by atoms with Crippen molar-refractivity contribution in [2.24, 2.45) is 5.92 Å². The molecule has 0 aliphatic heterocycles. The Balaban J connectivity index is 4.21. The second-order valence-corrected chi connectivity index (χ2v) is 4.31. The summed E-state index contributed by atoms with van der Waals surface area (Å²) in [5.41, 5.74) is 0. The van der Waals surface area contributed by atoms with Crippen molar-refractivity contribution in [3.8, 4) is 0 Å². The van der Waals surface area contributed by atoms with E-state index in [1.165, 1.54) is 0 Å². The van der Waals surface area contributed by atoms with Gasteiger partial charge in [-0.05, 0) is 26.2 Å². The molecule has 0 aliphatic rings. The summed E-state index contributed by atoms with van der Waals surface area (Å²) in [5.74, 6) is 0.427. The molecule has 0 saturated heterocycles. The van der Waals surface area contributed by atoms with Gasteiger partial charge in [-0.15, -0.1) is 0 Å². The van der Waals surface area contributed by atoms with E-state index in [0.717, 1.165) is 32.3 Å². The lowest BCUT2D eigenvalue weighted by Crippen LogP contribution is -2.29. The van der Waals surface area contributed by atoms with E-state index >= 15 is 0 Å². The predicted molar refractivity (Wildman–Crippen MR) is 66.5 cm³/mol. The summed E-state index contributed by atoms with van der Waals surface area (Å²) < 4.78 is 16.5. The van der Waals surface area contributed by atoms with E-state index in [4.69, 9.17) is 14.2 Å². The van der Waals surface area contributed by atoms with E-state index in [1.54, 1.807) is 14.2 Å². The summed E-state index contributed by atoms with van der Waals surface area (Å²) in [7, 11) is 3.48. The van der Waals surface area contributed by atoms with Crippen molar-refractivity contribution in [3.05, 3.63) is 0 Å². The third-order valence-electron chi connectivity index (χ3n) is 2.80. The minimum Gasteiger partial charge on any atom is -0.382 e. The van der Waals surface area contributed by atoms with E-state index in [2.05, 4.69) is 20.8 Å². The van der Waals surface area contributed by atoms with E-state index in [1.807, 2.05) is 0 Å². The molecule has 3 heteroatoms. The van der Waals surface area contributed by atoms with Crippen molar-refractivity contribution < 1.29 is 14.2 Å². The number of ether oxygens (including phenoxy) is 3. The summed E-state index contributed by atoms with van der Waals surface area (Å²) in [6, 6.07) is 0. The molecule has 98 valence electrons. The lowest BCUT2D eigenvalue weighted by Gasteiger charge is -2.27. The van der Waals surface area contributed by atoms with Gasteiger partial charge in [0, 0.05) is 26.7 Å². The molecule has 0 N–H and O–H groups in total. The molecule has 3 unspecified atom stereocenters. The van der Waals surface area contributed by atoms with Crippen molar-refractivity contribution >= 4 is 0 Å². The Bertz CT molecular complexity index is 150. The largest absolute Gasteiger partial charge is 0.382 e. The molecule has 3 atom stereocenters. The first-order chi connectivity index (χ1) is 7.69. The minimum atomic E-state index is -0.0856. The topological polar surface area (TPSA) is 27.7 Å². The molecule has 0 heterocycles. The smallest absolute Gasteiger partial charge is 0.160 e. The van der Waals surface area contributed by atoms with E-state index in [-0.39, 0.29) is 12.4 Å². The molecule has 0 spiro atoms. The standard InChI is InChI=1S/C13H28O3/c1-6-8-12(10-11(3)14-4)13(15-5)16-9-7-2/h11-13H,6-10H2,1-5H3. The summed E-state index contributed by atoms with van der Waals surface area (Å²) in [6.45, 7) is 7.16. The first-order valence-electron chi connectivity index (χ1n) is 6.36. The fraction of sp³-hybridized carbons (Fsp3) is 1.00. The van der Waals surface area contributed by atoms with Gasteiger partial charge < -0.3 is 14.2 Å². The highest BCUT2D eigenvalue weighted by molar-refractivity contribution is 4.67. The highest BCUT2D eigenvalue weighted by Gasteiger charge is 2.23. The molecule has 0 aromatic carbocycles. The van der Waals surface area contributed by atoms with Gasteiger partial charge in [0.15, 0.2) is 6.29 Å². The van der Waals surface area contributed by atoms with Crippen LogP contribution in [0.25, 0.3) is 0 Å². The molecular weight excluding hydrogens is 204 g/mol. The maximum atomic E-state index is 5.72. The Kier molecular flexibility index (Phi) is 9.99. The number of hydrogen-bond acceptors (Lipinski definition) is 3. The molecule has 0 aromatic heterocycles. The summed E-state index contributed by atoms with van der Waals surface area (Å²) in [6.07, 6.45) is 4.47.